The maximum Gasteiger partial charge on any atom is 0.306 e. The maximum absolute atomic E-state index is 13.1. The number of aliphatic hydroxyl groups is 2. The van der Waals surface area contributed by atoms with Gasteiger partial charge in [-0.25, -0.2) is 0 Å². The molecule has 344 valence electrons. The number of aliphatic hydroxyl groups excluding tert-OH is 2. The van der Waals surface area contributed by atoms with Gasteiger partial charge in [-0.3, -0.25) is 9.59 Å². The summed E-state index contributed by atoms with van der Waals surface area (Å²) in [7, 11) is 0. The van der Waals surface area contributed by atoms with E-state index in [0.29, 0.717) is 19.3 Å². The summed E-state index contributed by atoms with van der Waals surface area (Å²) in [5.41, 5.74) is 0. The van der Waals surface area contributed by atoms with E-state index in [1.165, 1.54) is 122 Å². The average Bonchev–Trinajstić information content (AvgIpc) is 3.23. The summed E-state index contributed by atoms with van der Waals surface area (Å²) < 4.78 is 5.89. The number of unbranched alkanes of at least 4 members (excludes halogenated alkanes) is 28. The van der Waals surface area contributed by atoms with E-state index in [1.807, 2.05) is 0 Å². The molecule has 6 heteroatoms. The third-order valence-corrected chi connectivity index (χ3v) is 11.5. The van der Waals surface area contributed by atoms with Gasteiger partial charge in [-0.15, -0.1) is 0 Å². The zero-order valence-corrected chi connectivity index (χ0v) is 39.1. The highest BCUT2D eigenvalue weighted by molar-refractivity contribution is 5.77. The van der Waals surface area contributed by atoms with Gasteiger partial charge in [-0.1, -0.05) is 236 Å². The number of hydrogen-bond donors (Lipinski definition) is 3. The molecule has 3 N–H and O–H groups in total. The van der Waals surface area contributed by atoms with Gasteiger partial charge in [0.2, 0.25) is 5.91 Å². The SMILES string of the molecule is CCCCC/C=C/C=C/C=C/C=C/CCCCCCCC(=O)OC(CCCCCCCCC)CC(=O)NC(CO)C(O)CCCCCCCCCCCCCCCCC. The maximum atomic E-state index is 13.1. The molecule has 0 aromatic rings. The van der Waals surface area contributed by atoms with E-state index < -0.39 is 18.2 Å². The molecule has 6 nitrogen and oxygen atoms in total. The fourth-order valence-corrected chi connectivity index (χ4v) is 7.62. The van der Waals surface area contributed by atoms with E-state index in [4.69, 9.17) is 4.74 Å². The van der Waals surface area contributed by atoms with Crippen LogP contribution in [0.3, 0.4) is 0 Å². The average molecular weight is 828 g/mol. The molecule has 0 fully saturated rings. The van der Waals surface area contributed by atoms with E-state index in [0.717, 1.165) is 83.5 Å². The van der Waals surface area contributed by atoms with E-state index >= 15 is 0 Å². The summed E-state index contributed by atoms with van der Waals surface area (Å²) in [5, 5.41) is 23.7. The minimum absolute atomic E-state index is 0.0684. The van der Waals surface area contributed by atoms with Gasteiger partial charge in [0.1, 0.15) is 6.10 Å². The molecule has 1 amide bonds. The number of hydrogen-bond acceptors (Lipinski definition) is 5. The molecule has 0 aliphatic carbocycles. The van der Waals surface area contributed by atoms with Crippen LogP contribution in [0.2, 0.25) is 0 Å². The first-order chi connectivity index (χ1) is 29.0. The normalized spacial score (nSPS) is 13.6. The second-order valence-electron chi connectivity index (χ2n) is 17.3. The van der Waals surface area contributed by atoms with Crippen molar-refractivity contribution in [2.24, 2.45) is 0 Å². The van der Waals surface area contributed by atoms with Crippen LogP contribution < -0.4 is 5.32 Å². The lowest BCUT2D eigenvalue weighted by Crippen LogP contribution is -2.46. The van der Waals surface area contributed by atoms with Gasteiger partial charge in [0.15, 0.2) is 0 Å². The van der Waals surface area contributed by atoms with Gasteiger partial charge < -0.3 is 20.3 Å². The third kappa shape index (κ3) is 42.3. The highest BCUT2D eigenvalue weighted by atomic mass is 16.5. The second-order valence-corrected chi connectivity index (χ2v) is 17.3. The van der Waals surface area contributed by atoms with Crippen LogP contribution in [0.25, 0.3) is 0 Å². The Kier molecular flexibility index (Phi) is 45.1. The predicted molar refractivity (Wildman–Crippen MR) is 255 cm³/mol. The van der Waals surface area contributed by atoms with Crippen LogP contribution in [0.1, 0.15) is 252 Å². The van der Waals surface area contributed by atoms with Crippen molar-refractivity contribution in [3.63, 3.8) is 0 Å². The first kappa shape index (κ1) is 56.8. The summed E-state index contributed by atoms with van der Waals surface area (Å²) in [6.45, 7) is 6.41. The Bertz CT molecular complexity index is 1020. The standard InChI is InChI=1S/C53H97NO5/c1-4-7-10-13-16-18-20-22-24-25-26-28-30-32-34-37-40-43-46-53(58)59-49(44-41-38-35-15-12-9-6-3)47-52(57)54-50(48-55)51(56)45-42-39-36-33-31-29-27-23-21-19-17-14-11-8-5-2/h16,18,20,22,24-26,28,49-51,55-56H,4-15,17,19,21,23,27,29-48H2,1-3H3,(H,54,57)/b18-16+,22-20+,25-24+,28-26+. The molecular weight excluding hydrogens is 731 g/mol. The number of allylic oxidation sites excluding steroid dienone is 8. The van der Waals surface area contributed by atoms with E-state index in [9.17, 15) is 19.8 Å². The summed E-state index contributed by atoms with van der Waals surface area (Å²) in [6.07, 6.45) is 56.1. The minimum Gasteiger partial charge on any atom is -0.462 e. The quantitative estimate of drug-likeness (QED) is 0.0323. The molecule has 59 heavy (non-hydrogen) atoms. The number of ether oxygens (including phenoxy) is 1. The van der Waals surface area contributed by atoms with Crippen LogP contribution in [-0.4, -0.2) is 46.9 Å². The topological polar surface area (TPSA) is 95.9 Å². The van der Waals surface area contributed by atoms with Gasteiger partial charge in [-0.05, 0) is 51.4 Å². The predicted octanol–water partition coefficient (Wildman–Crippen LogP) is 15.1. The molecule has 0 bridgehead atoms. The Labute approximate surface area is 366 Å². The number of carbonyl (C=O) groups excluding carboxylic acids is 2. The molecule has 0 aliphatic heterocycles. The number of esters is 1. The Morgan fingerprint density at radius 3 is 1.34 bits per heavy atom. The molecule has 0 saturated heterocycles. The Hall–Kier alpha value is -2.18. The van der Waals surface area contributed by atoms with Crippen LogP contribution >= 0.6 is 0 Å². The summed E-state index contributed by atoms with van der Waals surface area (Å²) >= 11 is 0. The molecule has 0 rings (SSSR count). The van der Waals surface area contributed by atoms with Crippen molar-refractivity contribution in [1.82, 2.24) is 5.32 Å². The molecule has 0 aliphatic rings. The number of nitrogens with one attached hydrogen (secondary N) is 1. The van der Waals surface area contributed by atoms with Crippen molar-refractivity contribution >= 4 is 11.9 Å². The number of carbonyl (C=O) groups is 2. The monoisotopic (exact) mass is 828 g/mol. The largest absolute Gasteiger partial charge is 0.462 e. The van der Waals surface area contributed by atoms with Crippen LogP contribution in [0.4, 0.5) is 0 Å². The summed E-state index contributed by atoms with van der Waals surface area (Å²) in [5.74, 6) is -0.500. The second kappa shape index (κ2) is 46.9. The molecule has 0 aromatic heterocycles. The smallest absolute Gasteiger partial charge is 0.306 e. The zero-order chi connectivity index (χ0) is 43.1. The van der Waals surface area contributed by atoms with Gasteiger partial charge in [0, 0.05) is 6.42 Å². The van der Waals surface area contributed by atoms with Gasteiger partial charge in [-0.2, -0.15) is 0 Å². The molecule has 0 heterocycles. The summed E-state index contributed by atoms with van der Waals surface area (Å²) in [4.78, 5) is 26.0. The first-order valence-electron chi connectivity index (χ1n) is 25.4. The molecule has 0 radical (unpaired) electrons. The van der Waals surface area contributed by atoms with Crippen molar-refractivity contribution in [3.8, 4) is 0 Å². The molecule has 3 unspecified atom stereocenters. The van der Waals surface area contributed by atoms with E-state index in [-0.39, 0.29) is 24.9 Å². The lowest BCUT2D eigenvalue weighted by molar-refractivity contribution is -0.151. The van der Waals surface area contributed by atoms with Crippen molar-refractivity contribution < 1.29 is 24.5 Å². The molecular formula is C53H97NO5. The third-order valence-electron chi connectivity index (χ3n) is 11.5. The van der Waals surface area contributed by atoms with Gasteiger partial charge >= 0.3 is 5.97 Å². The fourth-order valence-electron chi connectivity index (χ4n) is 7.62. The molecule has 0 aromatic carbocycles. The molecule has 0 saturated carbocycles. The van der Waals surface area contributed by atoms with Crippen LogP contribution in [0, 0.1) is 0 Å². The van der Waals surface area contributed by atoms with Crippen LogP contribution in [0.15, 0.2) is 48.6 Å². The van der Waals surface area contributed by atoms with Crippen molar-refractivity contribution in [1.29, 1.82) is 0 Å². The first-order valence-corrected chi connectivity index (χ1v) is 25.4. The number of amides is 1. The zero-order valence-electron chi connectivity index (χ0n) is 39.1. The lowest BCUT2D eigenvalue weighted by atomic mass is 10.0. The highest BCUT2D eigenvalue weighted by Crippen LogP contribution is 2.18. The van der Waals surface area contributed by atoms with Crippen molar-refractivity contribution in [2.75, 3.05) is 6.61 Å². The van der Waals surface area contributed by atoms with E-state index in [2.05, 4.69) is 74.7 Å². The van der Waals surface area contributed by atoms with Crippen molar-refractivity contribution in [3.05, 3.63) is 48.6 Å². The Balaban J connectivity index is 4.41. The highest BCUT2D eigenvalue weighted by Gasteiger charge is 2.24. The number of rotatable bonds is 45. The fraction of sp³-hybridized carbons (Fsp3) is 0.811. The van der Waals surface area contributed by atoms with Gasteiger partial charge in [0.25, 0.3) is 0 Å². The Morgan fingerprint density at radius 1 is 0.492 bits per heavy atom. The minimum atomic E-state index is -0.789. The van der Waals surface area contributed by atoms with Crippen molar-refractivity contribution in [2.45, 2.75) is 270 Å². The Morgan fingerprint density at radius 2 is 0.864 bits per heavy atom. The van der Waals surface area contributed by atoms with Crippen LogP contribution in [0.5, 0.6) is 0 Å². The summed E-state index contributed by atoms with van der Waals surface area (Å²) in [6, 6.07) is -0.703. The van der Waals surface area contributed by atoms with Gasteiger partial charge in [0.05, 0.1) is 25.2 Å². The van der Waals surface area contributed by atoms with Crippen LogP contribution in [-0.2, 0) is 14.3 Å². The molecule has 3 atom stereocenters. The lowest BCUT2D eigenvalue weighted by Gasteiger charge is -2.24. The van der Waals surface area contributed by atoms with E-state index in [1.54, 1.807) is 0 Å². The molecule has 0 spiro atoms.